The molecule has 0 spiro atoms. The molecule has 0 radical (unpaired) electrons. The van der Waals surface area contributed by atoms with Gasteiger partial charge in [0.2, 0.25) is 0 Å². The van der Waals surface area contributed by atoms with E-state index in [1.54, 1.807) is 10.9 Å². The van der Waals surface area contributed by atoms with Gasteiger partial charge in [-0.05, 0) is 27.7 Å². The van der Waals surface area contributed by atoms with Crippen molar-refractivity contribution in [2.24, 2.45) is 0 Å². The van der Waals surface area contributed by atoms with Gasteiger partial charge in [-0.15, -0.1) is 11.3 Å². The molecule has 1 aromatic heterocycles. The Kier molecular flexibility index (Phi) is 3.26. The summed E-state index contributed by atoms with van der Waals surface area (Å²) in [5, 5.41) is 1.79. The lowest BCUT2D eigenvalue weighted by Gasteiger charge is -2.34. The number of carbonyl (C=O) groups excluding carboxylic acids is 1. The summed E-state index contributed by atoms with van der Waals surface area (Å²) < 4.78 is 0. The van der Waals surface area contributed by atoms with Gasteiger partial charge in [0.05, 0.1) is 5.51 Å². The molecule has 0 aliphatic carbocycles. The Morgan fingerprint density at radius 2 is 2.21 bits per heavy atom. The van der Waals surface area contributed by atoms with Gasteiger partial charge in [0.25, 0.3) is 5.91 Å². The van der Waals surface area contributed by atoms with Crippen molar-refractivity contribution in [2.75, 3.05) is 6.54 Å². The molecule has 4 heteroatoms. The summed E-state index contributed by atoms with van der Waals surface area (Å²) in [6, 6.07) is 0. The van der Waals surface area contributed by atoms with Crippen molar-refractivity contribution >= 4 is 17.2 Å². The molecule has 14 heavy (non-hydrogen) atoms. The zero-order valence-corrected chi connectivity index (χ0v) is 9.89. The summed E-state index contributed by atoms with van der Waals surface area (Å²) in [6.45, 7) is 8.78. The van der Waals surface area contributed by atoms with Gasteiger partial charge in [-0.25, -0.2) is 4.98 Å². The highest BCUT2D eigenvalue weighted by atomic mass is 32.1. The summed E-state index contributed by atoms with van der Waals surface area (Å²) in [6.07, 6.45) is 0. The second kappa shape index (κ2) is 4.09. The smallest absolute Gasteiger partial charge is 0.273 e. The quantitative estimate of drug-likeness (QED) is 0.754. The Hall–Kier alpha value is -0.900. The van der Waals surface area contributed by atoms with E-state index in [0.717, 1.165) is 0 Å². The van der Waals surface area contributed by atoms with E-state index >= 15 is 0 Å². The lowest BCUT2D eigenvalue weighted by Crippen LogP contribution is -2.45. The normalized spacial score (nSPS) is 11.4. The minimum absolute atomic E-state index is 0.0150. The summed E-state index contributed by atoms with van der Waals surface area (Å²) in [5.74, 6) is 0.0150. The molecule has 0 atom stereocenters. The maximum Gasteiger partial charge on any atom is 0.273 e. The molecule has 78 valence electrons. The molecule has 0 saturated heterocycles. The molecular formula is C10H16N2OS. The van der Waals surface area contributed by atoms with Gasteiger partial charge in [-0.2, -0.15) is 0 Å². The summed E-state index contributed by atoms with van der Waals surface area (Å²) in [5.41, 5.74) is 2.09. The van der Waals surface area contributed by atoms with Crippen LogP contribution in [0.25, 0.3) is 0 Å². The summed E-state index contributed by atoms with van der Waals surface area (Å²) in [4.78, 5) is 17.8. The Morgan fingerprint density at radius 3 is 2.57 bits per heavy atom. The summed E-state index contributed by atoms with van der Waals surface area (Å²) >= 11 is 1.45. The molecule has 1 heterocycles. The van der Waals surface area contributed by atoms with Crippen LogP contribution in [-0.2, 0) is 0 Å². The molecule has 0 fully saturated rings. The molecule has 0 N–H and O–H groups in total. The maximum absolute atomic E-state index is 12.0. The molecule has 1 aromatic rings. The summed E-state index contributed by atoms with van der Waals surface area (Å²) in [7, 11) is 0. The van der Waals surface area contributed by atoms with Crippen LogP contribution < -0.4 is 0 Å². The van der Waals surface area contributed by atoms with Crippen molar-refractivity contribution in [3.63, 3.8) is 0 Å². The number of hydrogen-bond acceptors (Lipinski definition) is 3. The molecule has 0 bridgehead atoms. The first-order valence-corrected chi connectivity index (χ1v) is 5.61. The van der Waals surface area contributed by atoms with Gasteiger partial charge in [-0.3, -0.25) is 4.79 Å². The lowest BCUT2D eigenvalue weighted by molar-refractivity contribution is 0.0593. The SMILES string of the molecule is CCN(C(=O)c1cscn1)C(C)(C)C. The highest BCUT2D eigenvalue weighted by Gasteiger charge is 2.26. The van der Waals surface area contributed by atoms with Crippen LogP contribution >= 0.6 is 11.3 Å². The number of nitrogens with zero attached hydrogens (tertiary/aromatic N) is 2. The second-order valence-corrected chi connectivity index (χ2v) is 4.81. The average Bonchev–Trinajstić information content (AvgIpc) is 2.53. The van der Waals surface area contributed by atoms with E-state index in [-0.39, 0.29) is 11.4 Å². The van der Waals surface area contributed by atoms with E-state index in [9.17, 15) is 4.79 Å². The lowest BCUT2D eigenvalue weighted by atomic mass is 10.1. The third kappa shape index (κ3) is 2.32. The maximum atomic E-state index is 12.0. The van der Waals surface area contributed by atoms with E-state index in [0.29, 0.717) is 12.2 Å². The van der Waals surface area contributed by atoms with Crippen molar-refractivity contribution in [2.45, 2.75) is 33.2 Å². The second-order valence-electron chi connectivity index (χ2n) is 4.09. The Morgan fingerprint density at radius 1 is 1.57 bits per heavy atom. The zero-order valence-electron chi connectivity index (χ0n) is 9.07. The van der Waals surface area contributed by atoms with Crippen LogP contribution in [0.3, 0.4) is 0 Å². The third-order valence-electron chi connectivity index (χ3n) is 2.02. The molecule has 0 saturated carbocycles. The number of carbonyl (C=O) groups is 1. The van der Waals surface area contributed by atoms with Gasteiger partial charge in [0.15, 0.2) is 0 Å². The topological polar surface area (TPSA) is 33.2 Å². The third-order valence-corrected chi connectivity index (χ3v) is 2.61. The van der Waals surface area contributed by atoms with Gasteiger partial charge in [-0.1, -0.05) is 0 Å². The minimum atomic E-state index is -0.143. The predicted octanol–water partition coefficient (Wildman–Crippen LogP) is 2.40. The number of aromatic nitrogens is 1. The van der Waals surface area contributed by atoms with Crippen molar-refractivity contribution < 1.29 is 4.79 Å². The Bertz CT molecular complexity index is 300. The van der Waals surface area contributed by atoms with Crippen molar-refractivity contribution in [1.82, 2.24) is 9.88 Å². The van der Waals surface area contributed by atoms with Crippen LogP contribution in [-0.4, -0.2) is 27.9 Å². The van der Waals surface area contributed by atoms with Gasteiger partial charge in [0.1, 0.15) is 5.69 Å². The predicted molar refractivity (Wildman–Crippen MR) is 58.6 cm³/mol. The van der Waals surface area contributed by atoms with Crippen LogP contribution in [0.1, 0.15) is 38.2 Å². The van der Waals surface area contributed by atoms with Gasteiger partial charge < -0.3 is 4.90 Å². The average molecular weight is 212 g/mol. The molecule has 0 aliphatic heterocycles. The zero-order chi connectivity index (χ0) is 10.8. The fourth-order valence-electron chi connectivity index (χ4n) is 1.38. The van der Waals surface area contributed by atoms with Gasteiger partial charge in [0, 0.05) is 17.5 Å². The Balaban J connectivity index is 2.87. The molecular weight excluding hydrogens is 196 g/mol. The van der Waals surface area contributed by atoms with Crippen LogP contribution in [0, 0.1) is 0 Å². The fourth-order valence-corrected chi connectivity index (χ4v) is 1.90. The molecule has 3 nitrogen and oxygen atoms in total. The molecule has 1 rings (SSSR count). The first kappa shape index (κ1) is 11.2. The highest BCUT2D eigenvalue weighted by molar-refractivity contribution is 7.07. The van der Waals surface area contributed by atoms with Crippen LogP contribution in [0.4, 0.5) is 0 Å². The standard InChI is InChI=1S/C10H16N2OS/c1-5-12(10(2,3)4)9(13)8-6-14-7-11-8/h6-7H,5H2,1-4H3. The fraction of sp³-hybridized carbons (Fsp3) is 0.600. The van der Waals surface area contributed by atoms with Crippen LogP contribution in [0.5, 0.6) is 0 Å². The molecule has 0 unspecified atom stereocenters. The van der Waals surface area contributed by atoms with Crippen LogP contribution in [0.15, 0.2) is 10.9 Å². The van der Waals surface area contributed by atoms with Crippen LogP contribution in [0.2, 0.25) is 0 Å². The van der Waals surface area contributed by atoms with E-state index < -0.39 is 0 Å². The number of thiazole rings is 1. The highest BCUT2D eigenvalue weighted by Crippen LogP contribution is 2.16. The number of hydrogen-bond donors (Lipinski definition) is 0. The van der Waals surface area contributed by atoms with E-state index in [1.165, 1.54) is 11.3 Å². The van der Waals surface area contributed by atoms with Crippen molar-refractivity contribution in [3.8, 4) is 0 Å². The Labute approximate surface area is 88.8 Å². The number of rotatable bonds is 2. The first-order valence-electron chi connectivity index (χ1n) is 4.67. The van der Waals surface area contributed by atoms with Crippen molar-refractivity contribution in [3.05, 3.63) is 16.6 Å². The van der Waals surface area contributed by atoms with Gasteiger partial charge >= 0.3 is 0 Å². The molecule has 0 aromatic carbocycles. The number of amides is 1. The van der Waals surface area contributed by atoms with E-state index in [4.69, 9.17) is 0 Å². The minimum Gasteiger partial charge on any atom is -0.333 e. The van der Waals surface area contributed by atoms with E-state index in [2.05, 4.69) is 4.98 Å². The first-order chi connectivity index (χ1) is 6.46. The largest absolute Gasteiger partial charge is 0.333 e. The molecule has 1 amide bonds. The van der Waals surface area contributed by atoms with E-state index in [1.807, 2.05) is 32.6 Å². The van der Waals surface area contributed by atoms with Crippen molar-refractivity contribution in [1.29, 1.82) is 0 Å². The molecule has 0 aliphatic rings. The monoisotopic (exact) mass is 212 g/mol.